The number of rotatable bonds is 6. The van der Waals surface area contributed by atoms with Crippen LogP contribution in [0.3, 0.4) is 0 Å². The van der Waals surface area contributed by atoms with Gasteiger partial charge in [-0.2, -0.15) is 5.01 Å². The number of hydrogen-bond donors (Lipinski definition) is 2. The van der Waals surface area contributed by atoms with Crippen LogP contribution in [0.15, 0.2) is 39.7 Å². The van der Waals surface area contributed by atoms with E-state index >= 15 is 0 Å². The molecule has 3 amide bonds. The maximum atomic E-state index is 12.8. The molecule has 0 radical (unpaired) electrons. The fourth-order valence-corrected chi connectivity index (χ4v) is 4.68. The molecule has 3 rings (SSSR count). The van der Waals surface area contributed by atoms with Crippen molar-refractivity contribution >= 4 is 91.1 Å². The number of methoxy groups -OCH3 is 1. The maximum absolute atomic E-state index is 12.8. The molecule has 1 saturated heterocycles. The van der Waals surface area contributed by atoms with Crippen LogP contribution in [0.4, 0.5) is 10.5 Å². The van der Waals surface area contributed by atoms with Crippen molar-refractivity contribution in [1.29, 1.82) is 0 Å². The summed E-state index contributed by atoms with van der Waals surface area (Å²) in [5, 5.41) is 4.17. The number of hydrazine groups is 1. The highest BCUT2D eigenvalue weighted by Gasteiger charge is 2.33. The normalized spacial score (nSPS) is 14.3. The van der Waals surface area contributed by atoms with Gasteiger partial charge in [-0.15, -0.1) is 6.42 Å². The summed E-state index contributed by atoms with van der Waals surface area (Å²) in [6, 6.07) is 7.34. The van der Waals surface area contributed by atoms with Crippen molar-refractivity contribution < 1.29 is 19.1 Å². The third-order valence-corrected chi connectivity index (χ3v) is 6.66. The summed E-state index contributed by atoms with van der Waals surface area (Å²) in [5.74, 6) is 2.78. The zero-order valence-electron chi connectivity index (χ0n) is 16.8. The summed E-state index contributed by atoms with van der Waals surface area (Å²) >= 11 is 21.5. The van der Waals surface area contributed by atoms with Gasteiger partial charge in [0, 0.05) is 5.69 Å². The van der Waals surface area contributed by atoms with Gasteiger partial charge in [0.1, 0.15) is 6.61 Å². The van der Waals surface area contributed by atoms with Crippen molar-refractivity contribution in [2.75, 3.05) is 19.0 Å². The molecule has 0 aliphatic carbocycles. The Balaban J connectivity index is 1.75. The number of amides is 3. The Morgan fingerprint density at radius 1 is 1.33 bits per heavy atom. The molecule has 12 heteroatoms. The zero-order valence-corrected chi connectivity index (χ0v) is 21.5. The van der Waals surface area contributed by atoms with E-state index in [-0.39, 0.29) is 16.0 Å². The van der Waals surface area contributed by atoms with Gasteiger partial charge >= 0.3 is 6.03 Å². The summed E-state index contributed by atoms with van der Waals surface area (Å²) < 4.78 is 11.6. The highest BCUT2D eigenvalue weighted by Crippen LogP contribution is 2.39. The molecule has 0 aromatic heterocycles. The number of thioether (sulfide) groups is 1. The predicted octanol–water partition coefficient (Wildman–Crippen LogP) is 5.71. The fourth-order valence-electron chi connectivity index (χ4n) is 2.63. The molecule has 0 bridgehead atoms. The molecule has 170 valence electrons. The minimum atomic E-state index is -0.676. The SMILES string of the molecule is C#CCOc1c(Br)cc(/C=C2\SC(=S)N(NC(=O)Nc3ccc(Cl)c(Cl)c3)C2=O)cc1OC. The van der Waals surface area contributed by atoms with Gasteiger partial charge < -0.3 is 14.8 Å². The van der Waals surface area contributed by atoms with Crippen LogP contribution < -0.4 is 20.2 Å². The molecule has 2 aromatic rings. The van der Waals surface area contributed by atoms with Crippen molar-refractivity contribution in [3.63, 3.8) is 0 Å². The van der Waals surface area contributed by atoms with Crippen LogP contribution in [-0.4, -0.2) is 35.0 Å². The summed E-state index contributed by atoms with van der Waals surface area (Å²) in [4.78, 5) is 25.5. The van der Waals surface area contributed by atoms with Crippen molar-refractivity contribution in [1.82, 2.24) is 10.4 Å². The van der Waals surface area contributed by atoms with Crippen LogP contribution in [0.1, 0.15) is 5.56 Å². The van der Waals surface area contributed by atoms with E-state index < -0.39 is 11.9 Å². The van der Waals surface area contributed by atoms with Crippen molar-refractivity contribution in [3.05, 3.63) is 55.3 Å². The Hall–Kier alpha value is -2.42. The van der Waals surface area contributed by atoms with Gasteiger partial charge in [0.05, 0.1) is 26.5 Å². The Bertz CT molecular complexity index is 1220. The summed E-state index contributed by atoms with van der Waals surface area (Å²) in [6.45, 7) is 0.0723. The van der Waals surface area contributed by atoms with Crippen LogP contribution in [0.5, 0.6) is 11.5 Å². The average Bonchev–Trinajstić information content (AvgIpc) is 3.02. The molecule has 2 aromatic carbocycles. The maximum Gasteiger partial charge on any atom is 0.338 e. The standard InChI is InChI=1S/C21H14BrCl2N3O4S2/c1-3-6-31-18-13(22)7-11(8-16(18)30-2)9-17-19(28)27(21(32)33-17)26-20(29)25-12-4-5-14(23)15(24)10-12/h1,4-5,7-10H,6H2,2H3,(H2,25,26,29)/b17-9-. The van der Waals surface area contributed by atoms with E-state index in [0.29, 0.717) is 37.2 Å². The summed E-state index contributed by atoms with van der Waals surface area (Å²) in [6.07, 6.45) is 6.87. The molecule has 7 nitrogen and oxygen atoms in total. The van der Waals surface area contributed by atoms with Crippen LogP contribution in [0.25, 0.3) is 6.08 Å². The number of terminal acetylenes is 1. The molecule has 1 aliphatic rings. The first kappa shape index (κ1) is 25.2. The third kappa shape index (κ3) is 6.13. The first-order valence-corrected chi connectivity index (χ1v) is 11.7. The van der Waals surface area contributed by atoms with Crippen LogP contribution in [0.2, 0.25) is 10.0 Å². The molecule has 0 unspecified atom stereocenters. The number of halogens is 3. The molecule has 2 N–H and O–H groups in total. The number of anilines is 1. The van der Waals surface area contributed by atoms with Gasteiger partial charge in [-0.1, -0.05) is 40.9 Å². The number of carbonyl (C=O) groups excluding carboxylic acids is 2. The number of benzene rings is 2. The Kier molecular flexibility index (Phi) is 8.51. The van der Waals surface area contributed by atoms with Crippen molar-refractivity contribution in [2.24, 2.45) is 0 Å². The van der Waals surface area contributed by atoms with E-state index in [4.69, 9.17) is 51.3 Å². The molecule has 1 fully saturated rings. The van der Waals surface area contributed by atoms with E-state index in [1.54, 1.807) is 24.3 Å². The first-order chi connectivity index (χ1) is 15.7. The van der Waals surface area contributed by atoms with Crippen molar-refractivity contribution in [3.8, 4) is 23.8 Å². The van der Waals surface area contributed by atoms with Gasteiger partial charge in [0.2, 0.25) is 0 Å². The smallest absolute Gasteiger partial charge is 0.338 e. The van der Waals surface area contributed by atoms with Gasteiger partial charge in [-0.05, 0) is 70.1 Å². The molecule has 0 atom stereocenters. The van der Waals surface area contributed by atoms with Gasteiger partial charge in [-0.25, -0.2) is 10.2 Å². The van der Waals surface area contributed by atoms with E-state index in [1.807, 2.05) is 0 Å². The lowest BCUT2D eigenvalue weighted by Gasteiger charge is -2.16. The number of ether oxygens (including phenoxy) is 2. The van der Waals surface area contributed by atoms with Gasteiger partial charge in [-0.3, -0.25) is 4.79 Å². The number of urea groups is 1. The molecule has 1 aliphatic heterocycles. The Morgan fingerprint density at radius 2 is 2.09 bits per heavy atom. The molecular formula is C21H14BrCl2N3O4S2. The number of nitrogens with one attached hydrogen (secondary N) is 2. The minimum Gasteiger partial charge on any atom is -0.493 e. The molecule has 0 spiro atoms. The predicted molar refractivity (Wildman–Crippen MR) is 139 cm³/mol. The molecule has 0 saturated carbocycles. The second-order valence-corrected chi connectivity index (χ2v) is 9.58. The third-order valence-electron chi connectivity index (χ3n) is 4.03. The molecule has 1 heterocycles. The lowest BCUT2D eigenvalue weighted by atomic mass is 10.2. The van der Waals surface area contributed by atoms with E-state index in [0.717, 1.165) is 16.8 Å². The van der Waals surface area contributed by atoms with Crippen LogP contribution >= 0.6 is 63.1 Å². The highest BCUT2D eigenvalue weighted by molar-refractivity contribution is 9.10. The fraction of sp³-hybridized carbons (Fsp3) is 0.0952. The Morgan fingerprint density at radius 3 is 2.76 bits per heavy atom. The lowest BCUT2D eigenvalue weighted by Crippen LogP contribution is -2.46. The van der Waals surface area contributed by atoms with Crippen molar-refractivity contribution in [2.45, 2.75) is 0 Å². The van der Waals surface area contributed by atoms with Gasteiger partial charge in [0.15, 0.2) is 15.8 Å². The highest BCUT2D eigenvalue weighted by atomic mass is 79.9. The van der Waals surface area contributed by atoms with Crippen LogP contribution in [-0.2, 0) is 4.79 Å². The monoisotopic (exact) mass is 585 g/mol. The second-order valence-electron chi connectivity index (χ2n) is 6.24. The molecular weight excluding hydrogens is 573 g/mol. The topological polar surface area (TPSA) is 79.9 Å². The minimum absolute atomic E-state index is 0.0723. The molecule has 33 heavy (non-hydrogen) atoms. The summed E-state index contributed by atoms with van der Waals surface area (Å²) in [7, 11) is 1.49. The number of nitrogens with zero attached hydrogens (tertiary/aromatic N) is 1. The van der Waals surface area contributed by atoms with Crippen LogP contribution in [0, 0.1) is 12.3 Å². The lowest BCUT2D eigenvalue weighted by molar-refractivity contribution is -0.123. The van der Waals surface area contributed by atoms with E-state index in [2.05, 4.69) is 32.6 Å². The Labute approximate surface area is 217 Å². The second kappa shape index (κ2) is 11.1. The quantitative estimate of drug-likeness (QED) is 0.256. The first-order valence-electron chi connectivity index (χ1n) is 8.98. The number of carbonyl (C=O) groups is 2. The zero-order chi connectivity index (χ0) is 24.1. The number of thiocarbonyl (C=S) groups is 1. The average molecular weight is 587 g/mol. The summed E-state index contributed by atoms with van der Waals surface area (Å²) in [5.41, 5.74) is 3.47. The van der Waals surface area contributed by atoms with E-state index in [1.165, 1.54) is 19.2 Å². The number of hydrogen-bond acceptors (Lipinski definition) is 6. The van der Waals surface area contributed by atoms with E-state index in [9.17, 15) is 9.59 Å². The largest absolute Gasteiger partial charge is 0.493 e. The van der Waals surface area contributed by atoms with Gasteiger partial charge in [0.25, 0.3) is 5.91 Å².